The number of hydrogen-bond acceptors (Lipinski definition) is 3. The lowest BCUT2D eigenvalue weighted by atomic mass is 10.1. The molecule has 1 aliphatic rings. The van der Waals surface area contributed by atoms with E-state index in [2.05, 4.69) is 68.1 Å². The number of pyridine rings is 2. The van der Waals surface area contributed by atoms with Crippen LogP contribution in [0.5, 0.6) is 0 Å². The number of nitrogens with zero attached hydrogens (tertiary/aromatic N) is 3. The highest BCUT2D eigenvalue weighted by Crippen LogP contribution is 2.40. The first-order chi connectivity index (χ1) is 10.2. The molecule has 4 heteroatoms. The molecule has 3 heterocycles. The molecule has 0 bridgehead atoms. The minimum atomic E-state index is 0.429. The summed E-state index contributed by atoms with van der Waals surface area (Å²) in [6.45, 7) is 2.26. The normalized spacial score (nSPS) is 17.2. The lowest BCUT2D eigenvalue weighted by Gasteiger charge is -2.25. The molecule has 1 unspecified atom stereocenters. The maximum Gasteiger partial charge on any atom is 0.112 e. The lowest BCUT2D eigenvalue weighted by Crippen LogP contribution is -2.24. The molecule has 21 heavy (non-hydrogen) atoms. The maximum atomic E-state index is 4.58. The largest absolute Gasteiger partial charge is 0.336 e. The van der Waals surface area contributed by atoms with Crippen molar-refractivity contribution in [3.8, 4) is 0 Å². The van der Waals surface area contributed by atoms with Gasteiger partial charge in [-0.15, -0.1) is 0 Å². The maximum absolute atomic E-state index is 4.58. The van der Waals surface area contributed by atoms with Crippen LogP contribution in [0.3, 0.4) is 0 Å². The standard InChI is InChI=1S/C17H14BrN3/c1-11-8-12-4-2-3-5-15(12)21(11)16-6-7-19-14-9-13(18)10-20-17(14)16/h2-7,9-11H,8H2,1H3. The third-order valence-corrected chi connectivity index (χ3v) is 4.42. The molecule has 0 fully saturated rings. The number of aromatic nitrogens is 2. The van der Waals surface area contributed by atoms with Gasteiger partial charge in [-0.25, -0.2) is 0 Å². The molecule has 0 saturated heterocycles. The van der Waals surface area contributed by atoms with Crippen molar-refractivity contribution in [3.63, 3.8) is 0 Å². The van der Waals surface area contributed by atoms with E-state index in [9.17, 15) is 0 Å². The summed E-state index contributed by atoms with van der Waals surface area (Å²) < 4.78 is 0.953. The molecule has 3 nitrogen and oxygen atoms in total. The van der Waals surface area contributed by atoms with Crippen LogP contribution in [-0.4, -0.2) is 16.0 Å². The van der Waals surface area contributed by atoms with Gasteiger partial charge in [-0.1, -0.05) is 18.2 Å². The number of halogens is 1. The summed E-state index contributed by atoms with van der Waals surface area (Å²) in [5.41, 5.74) is 5.67. The zero-order chi connectivity index (χ0) is 14.4. The summed E-state index contributed by atoms with van der Waals surface area (Å²) in [6, 6.07) is 13.1. The summed E-state index contributed by atoms with van der Waals surface area (Å²) >= 11 is 3.46. The van der Waals surface area contributed by atoms with Crippen LogP contribution in [0.25, 0.3) is 11.0 Å². The fourth-order valence-electron chi connectivity index (χ4n) is 3.12. The predicted octanol–water partition coefficient (Wildman–Crippen LogP) is 4.48. The zero-order valence-corrected chi connectivity index (χ0v) is 13.2. The van der Waals surface area contributed by atoms with E-state index in [0.29, 0.717) is 6.04 Å². The van der Waals surface area contributed by atoms with Crippen LogP contribution >= 0.6 is 15.9 Å². The Morgan fingerprint density at radius 2 is 2.00 bits per heavy atom. The Hall–Kier alpha value is -1.94. The number of hydrogen-bond donors (Lipinski definition) is 0. The number of anilines is 2. The molecule has 2 aromatic heterocycles. The SMILES string of the molecule is CC1Cc2ccccc2N1c1ccnc2cc(Br)cnc12. The van der Waals surface area contributed by atoms with E-state index in [0.717, 1.165) is 27.6 Å². The van der Waals surface area contributed by atoms with Gasteiger partial charge in [0.2, 0.25) is 0 Å². The van der Waals surface area contributed by atoms with Crippen LogP contribution < -0.4 is 4.90 Å². The van der Waals surface area contributed by atoms with Gasteiger partial charge < -0.3 is 4.90 Å². The first kappa shape index (κ1) is 12.8. The van der Waals surface area contributed by atoms with E-state index in [-0.39, 0.29) is 0 Å². The van der Waals surface area contributed by atoms with Crippen molar-refractivity contribution in [2.75, 3.05) is 4.90 Å². The van der Waals surface area contributed by atoms with Crippen molar-refractivity contribution in [1.29, 1.82) is 0 Å². The molecule has 0 N–H and O–H groups in total. The lowest BCUT2D eigenvalue weighted by molar-refractivity contribution is 0.760. The minimum Gasteiger partial charge on any atom is -0.336 e. The third kappa shape index (κ3) is 2.02. The Balaban J connectivity index is 1.95. The minimum absolute atomic E-state index is 0.429. The van der Waals surface area contributed by atoms with E-state index >= 15 is 0 Å². The number of benzene rings is 1. The zero-order valence-electron chi connectivity index (χ0n) is 11.6. The molecule has 1 aromatic carbocycles. The molecule has 0 radical (unpaired) electrons. The van der Waals surface area contributed by atoms with Crippen LogP contribution in [-0.2, 0) is 6.42 Å². The molecular formula is C17H14BrN3. The monoisotopic (exact) mass is 339 g/mol. The highest BCUT2D eigenvalue weighted by atomic mass is 79.9. The quantitative estimate of drug-likeness (QED) is 0.654. The Kier molecular flexibility index (Phi) is 2.93. The second kappa shape index (κ2) is 4.81. The second-order valence-corrected chi connectivity index (χ2v) is 6.32. The van der Waals surface area contributed by atoms with E-state index < -0.39 is 0 Å². The fourth-order valence-corrected chi connectivity index (χ4v) is 3.44. The van der Waals surface area contributed by atoms with E-state index in [1.54, 1.807) is 0 Å². The van der Waals surface area contributed by atoms with Gasteiger partial charge in [0.15, 0.2) is 0 Å². The molecule has 4 rings (SSSR count). The van der Waals surface area contributed by atoms with Crippen molar-refractivity contribution in [1.82, 2.24) is 9.97 Å². The average molecular weight is 340 g/mol. The number of para-hydroxylation sites is 1. The Morgan fingerprint density at radius 3 is 2.90 bits per heavy atom. The van der Waals surface area contributed by atoms with Crippen LogP contribution in [0.4, 0.5) is 11.4 Å². The van der Waals surface area contributed by atoms with Gasteiger partial charge in [0.05, 0.1) is 11.2 Å². The number of rotatable bonds is 1. The van der Waals surface area contributed by atoms with Crippen LogP contribution in [0, 0.1) is 0 Å². The Bertz CT molecular complexity index is 831. The summed E-state index contributed by atoms with van der Waals surface area (Å²) in [6.07, 6.45) is 4.76. The van der Waals surface area contributed by atoms with Gasteiger partial charge in [0.1, 0.15) is 5.52 Å². The molecule has 104 valence electrons. The van der Waals surface area contributed by atoms with Crippen molar-refractivity contribution < 1.29 is 0 Å². The average Bonchev–Trinajstić information content (AvgIpc) is 2.82. The van der Waals surface area contributed by atoms with Crippen molar-refractivity contribution in [2.45, 2.75) is 19.4 Å². The van der Waals surface area contributed by atoms with Crippen LogP contribution in [0.15, 0.2) is 53.3 Å². The van der Waals surface area contributed by atoms with Gasteiger partial charge in [-0.3, -0.25) is 9.97 Å². The molecule has 3 aromatic rings. The van der Waals surface area contributed by atoms with Gasteiger partial charge in [-0.2, -0.15) is 0 Å². The van der Waals surface area contributed by atoms with E-state index in [4.69, 9.17) is 0 Å². The first-order valence-corrected chi connectivity index (χ1v) is 7.81. The van der Waals surface area contributed by atoms with Crippen molar-refractivity contribution in [3.05, 3.63) is 58.8 Å². The van der Waals surface area contributed by atoms with Crippen molar-refractivity contribution in [2.24, 2.45) is 0 Å². The Morgan fingerprint density at radius 1 is 1.14 bits per heavy atom. The first-order valence-electron chi connectivity index (χ1n) is 7.01. The van der Waals surface area contributed by atoms with Crippen molar-refractivity contribution >= 4 is 38.3 Å². The molecule has 1 atom stereocenters. The summed E-state index contributed by atoms with van der Waals surface area (Å²) in [7, 11) is 0. The molecule has 0 aliphatic carbocycles. The van der Waals surface area contributed by atoms with E-state index in [1.807, 2.05) is 18.5 Å². The highest BCUT2D eigenvalue weighted by Gasteiger charge is 2.28. The van der Waals surface area contributed by atoms with E-state index in [1.165, 1.54) is 11.3 Å². The summed E-state index contributed by atoms with van der Waals surface area (Å²) in [5, 5.41) is 0. The smallest absolute Gasteiger partial charge is 0.112 e. The third-order valence-electron chi connectivity index (χ3n) is 3.99. The predicted molar refractivity (Wildman–Crippen MR) is 89.0 cm³/mol. The molecule has 0 saturated carbocycles. The summed E-state index contributed by atoms with van der Waals surface area (Å²) in [4.78, 5) is 11.4. The van der Waals surface area contributed by atoms with Gasteiger partial charge in [0, 0.05) is 28.6 Å². The fraction of sp³-hybridized carbons (Fsp3) is 0.176. The van der Waals surface area contributed by atoms with Gasteiger partial charge in [-0.05, 0) is 53.0 Å². The Labute approximate surface area is 131 Å². The molecule has 1 aliphatic heterocycles. The molecule has 0 amide bonds. The molecule has 0 spiro atoms. The van der Waals surface area contributed by atoms with Gasteiger partial charge >= 0.3 is 0 Å². The number of fused-ring (bicyclic) bond motifs is 2. The van der Waals surface area contributed by atoms with Crippen LogP contribution in [0.2, 0.25) is 0 Å². The molecular weight excluding hydrogens is 326 g/mol. The summed E-state index contributed by atoms with van der Waals surface area (Å²) in [5.74, 6) is 0. The highest BCUT2D eigenvalue weighted by molar-refractivity contribution is 9.10. The topological polar surface area (TPSA) is 29.0 Å². The van der Waals surface area contributed by atoms with Gasteiger partial charge in [0.25, 0.3) is 0 Å². The second-order valence-electron chi connectivity index (χ2n) is 5.40. The van der Waals surface area contributed by atoms with Crippen LogP contribution in [0.1, 0.15) is 12.5 Å².